The van der Waals surface area contributed by atoms with Crippen molar-refractivity contribution in [3.8, 4) is 5.75 Å². The number of hydrogen-bond donors (Lipinski definition) is 1. The first kappa shape index (κ1) is 20.9. The van der Waals surface area contributed by atoms with E-state index in [1.54, 1.807) is 6.07 Å². The number of amides is 1. The lowest BCUT2D eigenvalue weighted by Gasteiger charge is -2.36. The average molecular weight is 416 g/mol. The molecular formula is C26H29N3O2. The molecule has 4 rings (SSSR count). The summed E-state index contributed by atoms with van der Waals surface area (Å²) in [5, 5.41) is 3.10. The highest BCUT2D eigenvalue weighted by Gasteiger charge is 2.19. The minimum absolute atomic E-state index is 0.134. The second-order valence-corrected chi connectivity index (χ2v) is 7.69. The minimum atomic E-state index is -0.134. The van der Waals surface area contributed by atoms with E-state index >= 15 is 0 Å². The molecule has 5 nitrogen and oxygen atoms in total. The van der Waals surface area contributed by atoms with Gasteiger partial charge in [-0.3, -0.25) is 4.79 Å². The predicted molar refractivity (Wildman–Crippen MR) is 126 cm³/mol. The van der Waals surface area contributed by atoms with Crippen molar-refractivity contribution >= 4 is 17.3 Å². The van der Waals surface area contributed by atoms with E-state index < -0.39 is 0 Å². The summed E-state index contributed by atoms with van der Waals surface area (Å²) in [4.78, 5) is 17.8. The zero-order valence-corrected chi connectivity index (χ0v) is 18.0. The van der Waals surface area contributed by atoms with Crippen LogP contribution in [0.1, 0.15) is 22.8 Å². The number of benzene rings is 3. The Labute approximate surface area is 184 Å². The number of ether oxygens (including phenoxy) is 1. The number of likely N-dealkylation sites (N-methyl/N-ethyl adjacent to an activating group) is 1. The Hall–Kier alpha value is -3.31. The van der Waals surface area contributed by atoms with E-state index in [4.69, 9.17) is 4.74 Å². The average Bonchev–Trinajstić information content (AvgIpc) is 2.84. The molecule has 1 fully saturated rings. The zero-order chi connectivity index (χ0) is 21.5. The van der Waals surface area contributed by atoms with Gasteiger partial charge in [0.1, 0.15) is 12.4 Å². The van der Waals surface area contributed by atoms with E-state index in [0.717, 1.165) is 49.7 Å². The van der Waals surface area contributed by atoms with Gasteiger partial charge in [0.25, 0.3) is 5.91 Å². The van der Waals surface area contributed by atoms with Crippen LogP contribution in [-0.4, -0.2) is 43.5 Å². The normalized spacial score (nSPS) is 14.3. The van der Waals surface area contributed by atoms with Gasteiger partial charge in [0.2, 0.25) is 0 Å². The molecule has 0 atom stereocenters. The van der Waals surface area contributed by atoms with Gasteiger partial charge in [-0.2, -0.15) is 0 Å². The zero-order valence-electron chi connectivity index (χ0n) is 18.0. The number of rotatable bonds is 7. The van der Waals surface area contributed by atoms with E-state index in [-0.39, 0.29) is 5.91 Å². The first-order valence-electron chi connectivity index (χ1n) is 10.9. The van der Waals surface area contributed by atoms with Crippen LogP contribution in [-0.2, 0) is 6.61 Å². The first-order valence-corrected chi connectivity index (χ1v) is 10.9. The summed E-state index contributed by atoms with van der Waals surface area (Å²) < 4.78 is 5.88. The Bertz CT molecular complexity index is 998. The number of nitrogens with zero attached hydrogens (tertiary/aromatic N) is 2. The van der Waals surface area contributed by atoms with Gasteiger partial charge >= 0.3 is 0 Å². The molecule has 0 aromatic heterocycles. The molecule has 160 valence electrons. The summed E-state index contributed by atoms with van der Waals surface area (Å²) in [5.41, 5.74) is 3.58. The number of para-hydroxylation sites is 2. The van der Waals surface area contributed by atoms with Crippen LogP contribution in [0.4, 0.5) is 11.4 Å². The van der Waals surface area contributed by atoms with E-state index in [1.807, 2.05) is 66.7 Å². The van der Waals surface area contributed by atoms with Crippen LogP contribution in [0.5, 0.6) is 5.75 Å². The maximum absolute atomic E-state index is 13.0. The SMILES string of the molecule is CCN1CCN(c2ccccc2NC(=O)c2cccc(OCc3ccccc3)c2)CC1. The van der Waals surface area contributed by atoms with Crippen molar-refractivity contribution in [3.63, 3.8) is 0 Å². The summed E-state index contributed by atoms with van der Waals surface area (Å²) in [6, 6.07) is 25.4. The molecule has 3 aromatic rings. The molecule has 0 aliphatic carbocycles. The number of anilines is 2. The Morgan fingerprint density at radius 2 is 1.65 bits per heavy atom. The standard InChI is InChI=1S/C26H29N3O2/c1-2-28-15-17-29(18-16-28)25-14-7-6-13-24(25)27-26(30)22-11-8-12-23(19-22)31-20-21-9-4-3-5-10-21/h3-14,19H,2,15-18,20H2,1H3,(H,27,30). The topological polar surface area (TPSA) is 44.8 Å². The fourth-order valence-electron chi connectivity index (χ4n) is 3.82. The van der Waals surface area contributed by atoms with Crippen molar-refractivity contribution in [3.05, 3.63) is 90.0 Å². The Morgan fingerprint density at radius 3 is 2.42 bits per heavy atom. The Morgan fingerprint density at radius 1 is 0.903 bits per heavy atom. The maximum atomic E-state index is 13.0. The highest BCUT2D eigenvalue weighted by Crippen LogP contribution is 2.27. The number of carbonyl (C=O) groups excluding carboxylic acids is 1. The van der Waals surface area contributed by atoms with Gasteiger partial charge in [-0.25, -0.2) is 0 Å². The minimum Gasteiger partial charge on any atom is -0.489 e. The van der Waals surface area contributed by atoms with Crippen LogP contribution in [0.15, 0.2) is 78.9 Å². The van der Waals surface area contributed by atoms with Gasteiger partial charge < -0.3 is 19.9 Å². The third-order valence-corrected chi connectivity index (χ3v) is 5.66. The molecule has 31 heavy (non-hydrogen) atoms. The van der Waals surface area contributed by atoms with Gasteiger partial charge in [0.15, 0.2) is 0 Å². The number of carbonyl (C=O) groups is 1. The quantitative estimate of drug-likeness (QED) is 0.610. The molecule has 3 aromatic carbocycles. The third kappa shape index (κ3) is 5.44. The Kier molecular flexibility index (Phi) is 6.85. The summed E-state index contributed by atoms with van der Waals surface area (Å²) in [7, 11) is 0. The van der Waals surface area contributed by atoms with Crippen molar-refractivity contribution < 1.29 is 9.53 Å². The van der Waals surface area contributed by atoms with E-state index in [9.17, 15) is 4.79 Å². The van der Waals surface area contributed by atoms with E-state index in [1.165, 1.54) is 0 Å². The molecule has 0 saturated carbocycles. The van der Waals surface area contributed by atoms with Crippen molar-refractivity contribution in [2.75, 3.05) is 42.9 Å². The molecule has 5 heteroatoms. The maximum Gasteiger partial charge on any atom is 0.255 e. The molecule has 0 bridgehead atoms. The molecule has 1 aliphatic heterocycles. The molecule has 1 N–H and O–H groups in total. The van der Waals surface area contributed by atoms with Crippen molar-refractivity contribution in [1.82, 2.24) is 4.90 Å². The smallest absolute Gasteiger partial charge is 0.255 e. The Balaban J connectivity index is 1.43. The largest absolute Gasteiger partial charge is 0.489 e. The number of hydrogen-bond acceptors (Lipinski definition) is 4. The first-order chi connectivity index (χ1) is 15.2. The summed E-state index contributed by atoms with van der Waals surface area (Å²) in [5.74, 6) is 0.547. The lowest BCUT2D eigenvalue weighted by atomic mass is 10.1. The highest BCUT2D eigenvalue weighted by molar-refractivity contribution is 6.06. The summed E-state index contributed by atoms with van der Waals surface area (Å²) in [6.45, 7) is 7.75. The molecule has 1 amide bonds. The van der Waals surface area contributed by atoms with Gasteiger partial charge in [-0.05, 0) is 42.4 Å². The molecule has 0 unspecified atom stereocenters. The highest BCUT2D eigenvalue weighted by atomic mass is 16.5. The molecule has 1 aliphatic rings. The van der Waals surface area contributed by atoms with Crippen molar-refractivity contribution in [2.45, 2.75) is 13.5 Å². The van der Waals surface area contributed by atoms with E-state index in [0.29, 0.717) is 17.9 Å². The van der Waals surface area contributed by atoms with Gasteiger partial charge in [-0.15, -0.1) is 0 Å². The van der Waals surface area contributed by atoms with Crippen LogP contribution in [0.25, 0.3) is 0 Å². The predicted octanol–water partition coefficient (Wildman–Crippen LogP) is 4.66. The lowest BCUT2D eigenvalue weighted by molar-refractivity contribution is 0.102. The van der Waals surface area contributed by atoms with Crippen LogP contribution in [0, 0.1) is 0 Å². The fourth-order valence-corrected chi connectivity index (χ4v) is 3.82. The van der Waals surface area contributed by atoms with Gasteiger partial charge in [0, 0.05) is 31.7 Å². The number of nitrogens with one attached hydrogen (secondary N) is 1. The second-order valence-electron chi connectivity index (χ2n) is 7.69. The lowest BCUT2D eigenvalue weighted by Crippen LogP contribution is -2.46. The number of piperazine rings is 1. The molecule has 1 heterocycles. The summed E-state index contributed by atoms with van der Waals surface area (Å²) >= 11 is 0. The monoisotopic (exact) mass is 415 g/mol. The van der Waals surface area contributed by atoms with Crippen LogP contribution < -0.4 is 15.0 Å². The van der Waals surface area contributed by atoms with Crippen molar-refractivity contribution in [1.29, 1.82) is 0 Å². The molecular weight excluding hydrogens is 386 g/mol. The van der Waals surface area contributed by atoms with Crippen molar-refractivity contribution in [2.24, 2.45) is 0 Å². The fraction of sp³-hybridized carbons (Fsp3) is 0.269. The summed E-state index contributed by atoms with van der Waals surface area (Å²) in [6.07, 6.45) is 0. The molecule has 1 saturated heterocycles. The van der Waals surface area contributed by atoms with Gasteiger partial charge in [-0.1, -0.05) is 55.5 Å². The third-order valence-electron chi connectivity index (χ3n) is 5.66. The van der Waals surface area contributed by atoms with Crippen LogP contribution in [0.2, 0.25) is 0 Å². The van der Waals surface area contributed by atoms with Crippen LogP contribution in [0.3, 0.4) is 0 Å². The molecule has 0 radical (unpaired) electrons. The van der Waals surface area contributed by atoms with E-state index in [2.05, 4.69) is 28.1 Å². The molecule has 0 spiro atoms. The van der Waals surface area contributed by atoms with Crippen LogP contribution >= 0.6 is 0 Å². The van der Waals surface area contributed by atoms with Gasteiger partial charge in [0.05, 0.1) is 11.4 Å². The second kappa shape index (κ2) is 10.1.